The lowest BCUT2D eigenvalue weighted by atomic mass is 9.95. The molecule has 0 spiro atoms. The largest absolute Gasteiger partial charge is 0.469 e. The Morgan fingerprint density at radius 1 is 1.11 bits per heavy atom. The summed E-state index contributed by atoms with van der Waals surface area (Å²) < 4.78 is 50.6. The van der Waals surface area contributed by atoms with Crippen LogP contribution in [-0.4, -0.2) is 37.2 Å². The van der Waals surface area contributed by atoms with E-state index >= 15 is 0 Å². The zero-order valence-electron chi connectivity index (χ0n) is 19.7. The Balaban J connectivity index is 1.87. The standard InChI is InChI=1S/C27H28F3NO4/c1-3-31(26(33)35-18-19-8-5-4-6-9-19)17-22-16-23(27(28,29)30)12-13-24(22)21-11-7-10-20(14-21)15-25(32)34-2/h4-8,10-14,16,19H,3,9,15,17-18H2,1-2H3. The molecule has 186 valence electrons. The second-order valence-electron chi connectivity index (χ2n) is 8.22. The maximum Gasteiger partial charge on any atom is 0.416 e. The van der Waals surface area contributed by atoms with E-state index in [1.807, 2.05) is 24.3 Å². The van der Waals surface area contributed by atoms with Crippen LogP contribution < -0.4 is 0 Å². The first-order valence-corrected chi connectivity index (χ1v) is 11.3. The van der Waals surface area contributed by atoms with Gasteiger partial charge in [-0.15, -0.1) is 0 Å². The van der Waals surface area contributed by atoms with Gasteiger partial charge in [0.1, 0.15) is 0 Å². The fourth-order valence-electron chi connectivity index (χ4n) is 3.81. The predicted octanol–water partition coefficient (Wildman–Crippen LogP) is 6.18. The van der Waals surface area contributed by atoms with E-state index in [-0.39, 0.29) is 32.0 Å². The molecular weight excluding hydrogens is 459 g/mol. The van der Waals surface area contributed by atoms with Crippen LogP contribution in [0.1, 0.15) is 30.0 Å². The van der Waals surface area contributed by atoms with Crippen LogP contribution in [0.3, 0.4) is 0 Å². The van der Waals surface area contributed by atoms with Crippen molar-refractivity contribution in [2.75, 3.05) is 20.3 Å². The maximum absolute atomic E-state index is 13.5. The molecule has 0 N–H and O–H groups in total. The summed E-state index contributed by atoms with van der Waals surface area (Å²) >= 11 is 0. The predicted molar refractivity (Wildman–Crippen MR) is 126 cm³/mol. The summed E-state index contributed by atoms with van der Waals surface area (Å²) in [5.41, 5.74) is 1.37. The molecule has 1 unspecified atom stereocenters. The summed E-state index contributed by atoms with van der Waals surface area (Å²) in [7, 11) is 1.29. The zero-order valence-corrected chi connectivity index (χ0v) is 19.7. The molecule has 1 aliphatic carbocycles. The van der Waals surface area contributed by atoms with Gasteiger partial charge >= 0.3 is 18.2 Å². The average Bonchev–Trinajstić information content (AvgIpc) is 2.85. The van der Waals surface area contributed by atoms with Gasteiger partial charge in [0.25, 0.3) is 0 Å². The average molecular weight is 488 g/mol. The van der Waals surface area contributed by atoms with Gasteiger partial charge in [-0.05, 0) is 47.7 Å². The minimum Gasteiger partial charge on any atom is -0.469 e. The van der Waals surface area contributed by atoms with Crippen molar-refractivity contribution >= 4 is 12.1 Å². The Hall–Kier alpha value is -3.55. The highest BCUT2D eigenvalue weighted by molar-refractivity contribution is 5.75. The number of allylic oxidation sites excluding steroid dienone is 3. The number of ether oxygens (including phenoxy) is 2. The van der Waals surface area contributed by atoms with Crippen molar-refractivity contribution in [2.45, 2.75) is 32.5 Å². The molecule has 1 aliphatic rings. The first-order valence-electron chi connectivity index (χ1n) is 11.3. The van der Waals surface area contributed by atoms with Crippen LogP contribution >= 0.6 is 0 Å². The Kier molecular flexibility index (Phi) is 8.73. The first kappa shape index (κ1) is 26.1. The lowest BCUT2D eigenvalue weighted by Gasteiger charge is -2.24. The molecule has 0 aromatic heterocycles. The third-order valence-corrected chi connectivity index (χ3v) is 5.74. The van der Waals surface area contributed by atoms with E-state index in [0.29, 0.717) is 22.3 Å². The van der Waals surface area contributed by atoms with Crippen molar-refractivity contribution in [3.05, 3.63) is 83.5 Å². The number of carbonyl (C=O) groups is 2. The summed E-state index contributed by atoms with van der Waals surface area (Å²) in [6.45, 7) is 2.14. The van der Waals surface area contributed by atoms with E-state index in [2.05, 4.69) is 0 Å². The second kappa shape index (κ2) is 11.7. The van der Waals surface area contributed by atoms with E-state index in [0.717, 1.165) is 18.6 Å². The zero-order chi connectivity index (χ0) is 25.4. The monoisotopic (exact) mass is 487 g/mol. The van der Waals surface area contributed by atoms with Crippen LogP contribution in [0.25, 0.3) is 11.1 Å². The number of benzene rings is 2. The first-order chi connectivity index (χ1) is 16.7. The molecule has 35 heavy (non-hydrogen) atoms. The van der Waals surface area contributed by atoms with Crippen molar-refractivity contribution in [3.8, 4) is 11.1 Å². The fraction of sp³-hybridized carbons (Fsp3) is 0.333. The van der Waals surface area contributed by atoms with E-state index in [1.165, 1.54) is 18.1 Å². The molecule has 1 atom stereocenters. The fourth-order valence-corrected chi connectivity index (χ4v) is 3.81. The van der Waals surface area contributed by atoms with E-state index in [4.69, 9.17) is 9.47 Å². The third-order valence-electron chi connectivity index (χ3n) is 5.74. The van der Waals surface area contributed by atoms with E-state index in [9.17, 15) is 22.8 Å². The van der Waals surface area contributed by atoms with Gasteiger partial charge in [-0.1, -0.05) is 54.6 Å². The van der Waals surface area contributed by atoms with Crippen LogP contribution in [0.15, 0.2) is 66.8 Å². The highest BCUT2D eigenvalue weighted by Crippen LogP contribution is 2.34. The summed E-state index contributed by atoms with van der Waals surface area (Å²) in [5.74, 6) is -0.345. The number of esters is 1. The molecule has 0 fully saturated rings. The van der Waals surface area contributed by atoms with E-state index < -0.39 is 23.8 Å². The molecule has 0 saturated carbocycles. The molecular formula is C27H28F3NO4. The van der Waals surface area contributed by atoms with Gasteiger partial charge < -0.3 is 14.4 Å². The van der Waals surface area contributed by atoms with Gasteiger partial charge in [0.2, 0.25) is 0 Å². The van der Waals surface area contributed by atoms with Gasteiger partial charge in [-0.3, -0.25) is 4.79 Å². The maximum atomic E-state index is 13.5. The Bertz CT molecular complexity index is 1110. The SMILES string of the molecule is CCN(Cc1cc(C(F)(F)F)ccc1-c1cccc(CC(=O)OC)c1)C(=O)OCC1C=CC=CC1. The number of hydrogen-bond donors (Lipinski definition) is 0. The molecule has 0 saturated heterocycles. The van der Waals surface area contributed by atoms with Gasteiger partial charge in [-0.25, -0.2) is 4.79 Å². The van der Waals surface area contributed by atoms with Gasteiger partial charge in [0, 0.05) is 19.0 Å². The molecule has 8 heteroatoms. The Morgan fingerprint density at radius 3 is 2.57 bits per heavy atom. The van der Waals surface area contributed by atoms with Crippen LogP contribution in [0.2, 0.25) is 0 Å². The molecule has 2 aromatic carbocycles. The number of alkyl halides is 3. The lowest BCUT2D eigenvalue weighted by Crippen LogP contribution is -2.32. The van der Waals surface area contributed by atoms with Gasteiger partial charge in [0.15, 0.2) is 0 Å². The molecule has 2 aromatic rings. The third kappa shape index (κ3) is 7.21. The van der Waals surface area contributed by atoms with Crippen molar-refractivity contribution in [3.63, 3.8) is 0 Å². The summed E-state index contributed by atoms with van der Waals surface area (Å²) in [6, 6.07) is 10.4. The number of carbonyl (C=O) groups excluding carboxylic acids is 2. The number of methoxy groups -OCH3 is 1. The van der Waals surface area contributed by atoms with Crippen LogP contribution in [0.4, 0.5) is 18.0 Å². The number of rotatable bonds is 8. The smallest absolute Gasteiger partial charge is 0.416 e. The van der Waals surface area contributed by atoms with Crippen molar-refractivity contribution < 1.29 is 32.2 Å². The number of hydrogen-bond acceptors (Lipinski definition) is 4. The van der Waals surface area contributed by atoms with Crippen molar-refractivity contribution in [2.24, 2.45) is 5.92 Å². The van der Waals surface area contributed by atoms with Gasteiger partial charge in [0.05, 0.1) is 25.7 Å². The molecule has 1 amide bonds. The Labute approximate surface area is 202 Å². The van der Waals surface area contributed by atoms with Crippen LogP contribution in [0.5, 0.6) is 0 Å². The second-order valence-corrected chi connectivity index (χ2v) is 8.22. The van der Waals surface area contributed by atoms with Crippen molar-refractivity contribution in [1.29, 1.82) is 0 Å². The van der Waals surface area contributed by atoms with Crippen LogP contribution in [0, 0.1) is 5.92 Å². The molecule has 0 heterocycles. The number of amides is 1. The minimum atomic E-state index is -4.53. The normalized spacial score (nSPS) is 15.1. The lowest BCUT2D eigenvalue weighted by molar-refractivity contribution is -0.140. The summed E-state index contributed by atoms with van der Waals surface area (Å²) in [5, 5.41) is 0. The Morgan fingerprint density at radius 2 is 1.91 bits per heavy atom. The highest BCUT2D eigenvalue weighted by Gasteiger charge is 2.31. The molecule has 3 rings (SSSR count). The van der Waals surface area contributed by atoms with Crippen LogP contribution in [-0.2, 0) is 33.4 Å². The van der Waals surface area contributed by atoms with Gasteiger partial charge in [-0.2, -0.15) is 13.2 Å². The quantitative estimate of drug-likeness (QED) is 0.418. The number of halogens is 3. The van der Waals surface area contributed by atoms with E-state index in [1.54, 1.807) is 31.2 Å². The minimum absolute atomic E-state index is 0.0402. The molecule has 5 nitrogen and oxygen atoms in total. The molecule has 0 aliphatic heterocycles. The molecule has 0 bridgehead atoms. The van der Waals surface area contributed by atoms with Crippen molar-refractivity contribution in [1.82, 2.24) is 4.90 Å². The summed E-state index contributed by atoms with van der Waals surface area (Å²) in [6.07, 6.45) is 3.44. The highest BCUT2D eigenvalue weighted by atomic mass is 19.4. The molecule has 0 radical (unpaired) electrons. The number of nitrogens with zero attached hydrogens (tertiary/aromatic N) is 1. The topological polar surface area (TPSA) is 55.8 Å². The summed E-state index contributed by atoms with van der Waals surface area (Å²) in [4.78, 5) is 25.8.